The second-order valence-corrected chi connectivity index (χ2v) is 7.48. The van der Waals surface area contributed by atoms with Gasteiger partial charge in [0, 0.05) is 57.2 Å². The van der Waals surface area contributed by atoms with E-state index in [1.807, 2.05) is 6.92 Å². The molecule has 1 aromatic heterocycles. The van der Waals surface area contributed by atoms with E-state index in [9.17, 15) is 5.11 Å². The Morgan fingerprint density at radius 2 is 2.00 bits per heavy atom. The van der Waals surface area contributed by atoms with Crippen LogP contribution in [0.25, 0.3) is 0 Å². The van der Waals surface area contributed by atoms with E-state index in [-0.39, 0.29) is 6.10 Å². The Labute approximate surface area is 142 Å². The lowest BCUT2D eigenvalue weighted by atomic mass is 10.2. The molecule has 0 saturated carbocycles. The molecular formula is C16H28N4O2S. The second-order valence-electron chi connectivity index (χ2n) is 6.64. The lowest BCUT2D eigenvalue weighted by Gasteiger charge is -2.41. The molecule has 0 spiro atoms. The Bertz CT molecular complexity index is 492. The van der Waals surface area contributed by atoms with Crippen molar-refractivity contribution in [3.05, 3.63) is 11.1 Å². The highest BCUT2D eigenvalue weighted by Gasteiger charge is 2.27. The highest BCUT2D eigenvalue weighted by atomic mass is 32.1. The average Bonchev–Trinajstić information content (AvgIpc) is 2.94. The van der Waals surface area contributed by atoms with Crippen molar-refractivity contribution in [3.63, 3.8) is 0 Å². The number of aliphatic hydroxyl groups is 1. The number of morpholine rings is 1. The van der Waals surface area contributed by atoms with Crippen LogP contribution in [0.15, 0.2) is 5.38 Å². The molecule has 2 saturated heterocycles. The summed E-state index contributed by atoms with van der Waals surface area (Å²) in [4.78, 5) is 11.7. The van der Waals surface area contributed by atoms with E-state index in [0.717, 1.165) is 69.9 Å². The monoisotopic (exact) mass is 340 g/mol. The smallest absolute Gasteiger partial charge is 0.185 e. The lowest BCUT2D eigenvalue weighted by molar-refractivity contribution is 0.00572. The van der Waals surface area contributed by atoms with Crippen molar-refractivity contribution in [2.24, 2.45) is 0 Å². The molecule has 1 aromatic rings. The molecule has 2 aliphatic heterocycles. The molecule has 0 radical (unpaired) electrons. The number of aryl methyl sites for hydroxylation is 1. The Hall–Kier alpha value is -0.730. The predicted molar refractivity (Wildman–Crippen MR) is 93.4 cm³/mol. The quantitative estimate of drug-likeness (QED) is 0.850. The van der Waals surface area contributed by atoms with Gasteiger partial charge in [-0.05, 0) is 13.8 Å². The van der Waals surface area contributed by atoms with Gasteiger partial charge in [-0.2, -0.15) is 0 Å². The number of ether oxygens (including phenoxy) is 1. The minimum Gasteiger partial charge on any atom is -0.390 e. The number of β-amino-alcohol motifs (C(OH)–C–C–N with tert-alkyl or cyclic N) is 1. The van der Waals surface area contributed by atoms with E-state index in [2.05, 4.69) is 32.0 Å². The fraction of sp³-hybridized carbons (Fsp3) is 0.812. The zero-order valence-electron chi connectivity index (χ0n) is 14.1. The van der Waals surface area contributed by atoms with Crippen LogP contribution in [0.3, 0.4) is 0 Å². The van der Waals surface area contributed by atoms with Crippen LogP contribution in [0.5, 0.6) is 0 Å². The van der Waals surface area contributed by atoms with Crippen molar-refractivity contribution in [1.29, 1.82) is 0 Å². The van der Waals surface area contributed by atoms with E-state index in [0.29, 0.717) is 6.04 Å². The van der Waals surface area contributed by atoms with Crippen LogP contribution in [-0.4, -0.2) is 91.1 Å². The highest BCUT2D eigenvalue weighted by molar-refractivity contribution is 7.13. The summed E-state index contributed by atoms with van der Waals surface area (Å²) in [5.41, 5.74) is 1.10. The Kier molecular flexibility index (Phi) is 5.87. The Morgan fingerprint density at radius 1 is 1.26 bits per heavy atom. The molecule has 0 unspecified atom stereocenters. The molecule has 3 rings (SSSR count). The number of hydrogen-bond acceptors (Lipinski definition) is 7. The van der Waals surface area contributed by atoms with Gasteiger partial charge in [0.2, 0.25) is 0 Å². The van der Waals surface area contributed by atoms with E-state index in [4.69, 9.17) is 4.74 Å². The molecule has 7 heteroatoms. The standard InChI is InChI=1S/C16H28N4O2S/c1-13-12-23-16(17-13)20-4-3-19(9-14(20)2)11-15(21)10-18-5-7-22-8-6-18/h12,14-15,21H,3-11H2,1-2H3/t14-,15+/m0/s1. The van der Waals surface area contributed by atoms with Gasteiger partial charge in [-0.1, -0.05) is 0 Å². The van der Waals surface area contributed by atoms with Crippen molar-refractivity contribution in [1.82, 2.24) is 14.8 Å². The summed E-state index contributed by atoms with van der Waals surface area (Å²) in [6.07, 6.45) is -0.283. The number of aromatic nitrogens is 1. The number of rotatable bonds is 5. The van der Waals surface area contributed by atoms with Gasteiger partial charge in [-0.3, -0.25) is 9.80 Å². The van der Waals surface area contributed by atoms with Gasteiger partial charge in [0.15, 0.2) is 5.13 Å². The fourth-order valence-electron chi connectivity index (χ4n) is 3.39. The topological polar surface area (TPSA) is 52.1 Å². The third kappa shape index (κ3) is 4.64. The number of aliphatic hydroxyl groups excluding tert-OH is 1. The first-order valence-corrected chi connectivity index (χ1v) is 9.39. The zero-order chi connectivity index (χ0) is 16.2. The van der Waals surface area contributed by atoms with Crippen LogP contribution in [-0.2, 0) is 4.74 Å². The van der Waals surface area contributed by atoms with Gasteiger partial charge in [0.05, 0.1) is 25.0 Å². The molecule has 0 aliphatic carbocycles. The number of piperazine rings is 1. The van der Waals surface area contributed by atoms with Crippen LogP contribution in [0.1, 0.15) is 12.6 Å². The first kappa shape index (κ1) is 17.1. The van der Waals surface area contributed by atoms with Crippen LogP contribution in [0, 0.1) is 6.92 Å². The second kappa shape index (κ2) is 7.90. The molecule has 0 bridgehead atoms. The maximum Gasteiger partial charge on any atom is 0.185 e. The summed E-state index contributed by atoms with van der Waals surface area (Å²) in [7, 11) is 0. The predicted octanol–water partition coefficient (Wildman–Crippen LogP) is 0.655. The maximum absolute atomic E-state index is 10.4. The van der Waals surface area contributed by atoms with Gasteiger partial charge >= 0.3 is 0 Å². The van der Waals surface area contributed by atoms with Crippen molar-refractivity contribution in [3.8, 4) is 0 Å². The summed E-state index contributed by atoms with van der Waals surface area (Å²) in [6, 6.07) is 0.435. The molecule has 130 valence electrons. The highest BCUT2D eigenvalue weighted by Crippen LogP contribution is 2.24. The van der Waals surface area contributed by atoms with Crippen LogP contribution < -0.4 is 4.90 Å². The number of nitrogens with zero attached hydrogens (tertiary/aromatic N) is 4. The molecule has 2 fully saturated rings. The van der Waals surface area contributed by atoms with E-state index in [1.165, 1.54) is 0 Å². The molecular weight excluding hydrogens is 312 g/mol. The van der Waals surface area contributed by atoms with Crippen molar-refractivity contribution >= 4 is 16.5 Å². The van der Waals surface area contributed by atoms with Gasteiger partial charge in [-0.25, -0.2) is 4.98 Å². The Balaban J connectivity index is 1.45. The van der Waals surface area contributed by atoms with E-state index >= 15 is 0 Å². The lowest BCUT2D eigenvalue weighted by Crippen LogP contribution is -2.54. The summed E-state index contributed by atoms with van der Waals surface area (Å²) >= 11 is 1.73. The zero-order valence-corrected chi connectivity index (χ0v) is 15.0. The molecule has 2 atom stereocenters. The largest absolute Gasteiger partial charge is 0.390 e. The first-order valence-electron chi connectivity index (χ1n) is 8.51. The molecule has 23 heavy (non-hydrogen) atoms. The number of hydrogen-bond donors (Lipinski definition) is 1. The third-order valence-electron chi connectivity index (χ3n) is 4.61. The summed E-state index contributed by atoms with van der Waals surface area (Å²) in [5, 5.41) is 13.6. The molecule has 0 amide bonds. The summed E-state index contributed by atoms with van der Waals surface area (Å²) in [5.74, 6) is 0. The number of anilines is 1. The van der Waals surface area contributed by atoms with Crippen LogP contribution in [0.2, 0.25) is 0 Å². The van der Waals surface area contributed by atoms with Crippen molar-refractivity contribution < 1.29 is 9.84 Å². The van der Waals surface area contributed by atoms with Gasteiger partial charge in [-0.15, -0.1) is 11.3 Å². The fourth-order valence-corrected chi connectivity index (χ4v) is 4.33. The first-order chi connectivity index (χ1) is 11.1. The van der Waals surface area contributed by atoms with Crippen molar-refractivity contribution in [2.75, 3.05) is 63.9 Å². The maximum atomic E-state index is 10.4. The minimum absolute atomic E-state index is 0.283. The van der Waals surface area contributed by atoms with Gasteiger partial charge in [0.25, 0.3) is 0 Å². The van der Waals surface area contributed by atoms with Crippen LogP contribution >= 0.6 is 11.3 Å². The summed E-state index contributed by atoms with van der Waals surface area (Å²) in [6.45, 7) is 12.2. The van der Waals surface area contributed by atoms with E-state index < -0.39 is 0 Å². The average molecular weight is 340 g/mol. The SMILES string of the molecule is Cc1csc(N2CCN(C[C@H](O)CN3CCOCC3)C[C@@H]2C)n1. The van der Waals surface area contributed by atoms with Crippen LogP contribution in [0.4, 0.5) is 5.13 Å². The Morgan fingerprint density at radius 3 is 2.65 bits per heavy atom. The molecule has 6 nitrogen and oxygen atoms in total. The summed E-state index contributed by atoms with van der Waals surface area (Å²) < 4.78 is 5.36. The minimum atomic E-state index is -0.283. The van der Waals surface area contributed by atoms with Crippen molar-refractivity contribution in [2.45, 2.75) is 26.0 Å². The molecule has 2 aliphatic rings. The number of thiazole rings is 1. The molecule has 3 heterocycles. The molecule has 1 N–H and O–H groups in total. The normalized spacial score (nSPS) is 25.7. The van der Waals surface area contributed by atoms with Gasteiger partial charge < -0.3 is 14.7 Å². The van der Waals surface area contributed by atoms with Gasteiger partial charge in [0.1, 0.15) is 0 Å². The molecule has 0 aromatic carbocycles. The third-order valence-corrected chi connectivity index (χ3v) is 5.60. The van der Waals surface area contributed by atoms with E-state index in [1.54, 1.807) is 11.3 Å².